The van der Waals surface area contributed by atoms with Gasteiger partial charge in [0.2, 0.25) is 5.91 Å². The second-order valence-electron chi connectivity index (χ2n) is 5.72. The zero-order valence-electron chi connectivity index (χ0n) is 13.7. The molecule has 124 valence electrons. The second-order valence-corrected chi connectivity index (χ2v) is 6.64. The fourth-order valence-electron chi connectivity index (χ4n) is 2.68. The Kier molecular flexibility index (Phi) is 3.77. The largest absolute Gasteiger partial charge is 0.326 e. The van der Waals surface area contributed by atoms with E-state index in [1.165, 1.54) is 12.5 Å². The Morgan fingerprint density at radius 3 is 2.92 bits per heavy atom. The van der Waals surface area contributed by atoms with Crippen molar-refractivity contribution in [1.82, 2.24) is 20.2 Å². The fourth-order valence-corrected chi connectivity index (χ4v) is 3.60. The maximum Gasteiger partial charge on any atom is 0.221 e. The molecule has 3 heterocycles. The molecule has 0 bridgehead atoms. The number of carbonyl (C=O) groups excluding carboxylic acids is 1. The van der Waals surface area contributed by atoms with Gasteiger partial charge >= 0.3 is 0 Å². The zero-order chi connectivity index (χ0) is 17.4. The molecule has 0 aliphatic rings. The third-order valence-corrected chi connectivity index (χ3v) is 4.87. The summed E-state index contributed by atoms with van der Waals surface area (Å²) in [6.07, 6.45) is 1.70. The molecule has 4 aromatic rings. The number of aryl methyl sites for hydroxylation is 1. The van der Waals surface area contributed by atoms with Crippen LogP contribution in [0.2, 0.25) is 0 Å². The maximum atomic E-state index is 11.3. The predicted octanol–water partition coefficient (Wildman–Crippen LogP) is 4.02. The van der Waals surface area contributed by atoms with Crippen molar-refractivity contribution in [2.45, 2.75) is 13.8 Å². The minimum Gasteiger partial charge on any atom is -0.326 e. The number of rotatable bonds is 3. The van der Waals surface area contributed by atoms with E-state index < -0.39 is 0 Å². The number of fused-ring (bicyclic) bond motifs is 1. The zero-order valence-corrected chi connectivity index (χ0v) is 14.5. The SMILES string of the molecule is CC(=O)Nc1cccc(-c2cnc3n[nH]c(-c4sccc4C)c3n2)c1. The van der Waals surface area contributed by atoms with Gasteiger partial charge in [0.25, 0.3) is 0 Å². The minimum absolute atomic E-state index is 0.107. The highest BCUT2D eigenvalue weighted by Crippen LogP contribution is 2.32. The molecular weight excluding hydrogens is 334 g/mol. The summed E-state index contributed by atoms with van der Waals surface area (Å²) >= 11 is 1.65. The molecule has 3 aromatic heterocycles. The predicted molar refractivity (Wildman–Crippen MR) is 99.5 cm³/mol. The number of aromatic amines is 1. The summed E-state index contributed by atoms with van der Waals surface area (Å²) < 4.78 is 0. The van der Waals surface area contributed by atoms with E-state index in [1.807, 2.05) is 29.6 Å². The molecule has 2 N–H and O–H groups in total. The van der Waals surface area contributed by atoms with Crippen LogP contribution in [0.15, 0.2) is 41.9 Å². The van der Waals surface area contributed by atoms with Crippen LogP contribution in [0.4, 0.5) is 5.69 Å². The second kappa shape index (κ2) is 6.10. The van der Waals surface area contributed by atoms with E-state index in [4.69, 9.17) is 4.98 Å². The van der Waals surface area contributed by atoms with Crippen LogP contribution in [0, 0.1) is 6.92 Å². The molecule has 7 heteroatoms. The summed E-state index contributed by atoms with van der Waals surface area (Å²) in [5.41, 5.74) is 5.74. The Morgan fingerprint density at radius 2 is 2.16 bits per heavy atom. The lowest BCUT2D eigenvalue weighted by molar-refractivity contribution is -0.114. The quantitative estimate of drug-likeness (QED) is 0.585. The van der Waals surface area contributed by atoms with Crippen LogP contribution in [0.5, 0.6) is 0 Å². The molecule has 0 aliphatic carbocycles. The number of hydrogen-bond acceptors (Lipinski definition) is 5. The highest BCUT2D eigenvalue weighted by Gasteiger charge is 2.14. The first-order valence-corrected chi connectivity index (χ1v) is 8.63. The Balaban J connectivity index is 1.82. The van der Waals surface area contributed by atoms with Crippen molar-refractivity contribution in [2.24, 2.45) is 0 Å². The summed E-state index contributed by atoms with van der Waals surface area (Å²) in [5, 5.41) is 12.1. The van der Waals surface area contributed by atoms with Crippen LogP contribution in [0.3, 0.4) is 0 Å². The molecule has 6 nitrogen and oxygen atoms in total. The van der Waals surface area contributed by atoms with E-state index in [0.717, 1.165) is 33.0 Å². The van der Waals surface area contributed by atoms with Gasteiger partial charge in [-0.1, -0.05) is 12.1 Å². The number of nitrogens with zero attached hydrogens (tertiary/aromatic N) is 3. The average Bonchev–Trinajstić information content (AvgIpc) is 3.19. The monoisotopic (exact) mass is 349 g/mol. The third-order valence-electron chi connectivity index (χ3n) is 3.83. The van der Waals surface area contributed by atoms with Crippen molar-refractivity contribution < 1.29 is 4.79 Å². The summed E-state index contributed by atoms with van der Waals surface area (Å²) in [5.74, 6) is -0.107. The first-order chi connectivity index (χ1) is 12.1. The molecule has 25 heavy (non-hydrogen) atoms. The van der Waals surface area contributed by atoms with Crippen LogP contribution in [0.25, 0.3) is 33.0 Å². The number of amides is 1. The Hall–Kier alpha value is -3.06. The molecule has 0 saturated carbocycles. The highest BCUT2D eigenvalue weighted by molar-refractivity contribution is 7.13. The normalized spacial score (nSPS) is 11.0. The van der Waals surface area contributed by atoms with Gasteiger partial charge in [0, 0.05) is 18.2 Å². The van der Waals surface area contributed by atoms with Crippen LogP contribution >= 0.6 is 11.3 Å². The van der Waals surface area contributed by atoms with Gasteiger partial charge in [0.05, 0.1) is 16.8 Å². The van der Waals surface area contributed by atoms with Gasteiger partial charge in [-0.15, -0.1) is 11.3 Å². The van der Waals surface area contributed by atoms with Gasteiger partial charge in [0.1, 0.15) is 11.2 Å². The number of hydrogen-bond donors (Lipinski definition) is 2. The summed E-state index contributed by atoms with van der Waals surface area (Å²) in [6, 6.07) is 9.62. The molecule has 0 saturated heterocycles. The Morgan fingerprint density at radius 1 is 1.28 bits per heavy atom. The number of thiophene rings is 1. The number of benzene rings is 1. The number of H-pyrrole nitrogens is 1. The smallest absolute Gasteiger partial charge is 0.221 e. The first kappa shape index (κ1) is 15.5. The van der Waals surface area contributed by atoms with Gasteiger partial charge < -0.3 is 5.32 Å². The molecule has 4 rings (SSSR count). The van der Waals surface area contributed by atoms with E-state index >= 15 is 0 Å². The topological polar surface area (TPSA) is 83.6 Å². The van der Waals surface area contributed by atoms with E-state index in [9.17, 15) is 4.79 Å². The third kappa shape index (κ3) is 2.89. The minimum atomic E-state index is -0.107. The van der Waals surface area contributed by atoms with E-state index in [2.05, 4.69) is 33.5 Å². The standard InChI is InChI=1S/C18H15N5OS/c1-10-6-7-25-17(10)15-16-18(23-22-15)19-9-14(21-16)12-4-3-5-13(8-12)20-11(2)24/h3-9H,1-2H3,(H,20,24)(H,19,22,23). The van der Waals surface area contributed by atoms with Gasteiger partial charge in [-0.25, -0.2) is 9.97 Å². The van der Waals surface area contributed by atoms with Crippen molar-refractivity contribution in [3.63, 3.8) is 0 Å². The van der Waals surface area contributed by atoms with E-state index in [0.29, 0.717) is 5.65 Å². The number of nitrogens with one attached hydrogen (secondary N) is 2. The van der Waals surface area contributed by atoms with Crippen LogP contribution in [0.1, 0.15) is 12.5 Å². The Labute approximate surface area is 148 Å². The lowest BCUT2D eigenvalue weighted by Gasteiger charge is -2.05. The van der Waals surface area contributed by atoms with Gasteiger partial charge in [-0.3, -0.25) is 9.89 Å². The molecule has 1 aromatic carbocycles. The molecule has 1 amide bonds. The van der Waals surface area contributed by atoms with Gasteiger partial charge in [-0.2, -0.15) is 5.10 Å². The van der Waals surface area contributed by atoms with Crippen molar-refractivity contribution in [3.05, 3.63) is 47.5 Å². The van der Waals surface area contributed by atoms with E-state index in [1.54, 1.807) is 17.5 Å². The lowest BCUT2D eigenvalue weighted by Crippen LogP contribution is -2.05. The molecule has 0 radical (unpaired) electrons. The summed E-state index contributed by atoms with van der Waals surface area (Å²) in [7, 11) is 0. The molecule has 0 fully saturated rings. The van der Waals surface area contributed by atoms with Crippen molar-refractivity contribution >= 4 is 34.1 Å². The van der Waals surface area contributed by atoms with Crippen molar-refractivity contribution in [1.29, 1.82) is 0 Å². The summed E-state index contributed by atoms with van der Waals surface area (Å²) in [4.78, 5) is 21.6. The van der Waals surface area contributed by atoms with E-state index in [-0.39, 0.29) is 5.91 Å². The summed E-state index contributed by atoms with van der Waals surface area (Å²) in [6.45, 7) is 3.55. The lowest BCUT2D eigenvalue weighted by atomic mass is 10.1. The Bertz CT molecular complexity index is 1080. The average molecular weight is 349 g/mol. The van der Waals surface area contributed by atoms with Gasteiger partial charge in [0.15, 0.2) is 5.65 Å². The first-order valence-electron chi connectivity index (χ1n) is 7.75. The van der Waals surface area contributed by atoms with Crippen molar-refractivity contribution in [3.8, 4) is 21.8 Å². The van der Waals surface area contributed by atoms with Crippen LogP contribution in [-0.4, -0.2) is 26.1 Å². The highest BCUT2D eigenvalue weighted by atomic mass is 32.1. The molecule has 0 spiro atoms. The fraction of sp³-hybridized carbons (Fsp3) is 0.111. The number of carbonyl (C=O) groups is 1. The molecule has 0 unspecified atom stereocenters. The van der Waals surface area contributed by atoms with Crippen LogP contribution in [-0.2, 0) is 4.79 Å². The molecular formula is C18H15N5OS. The van der Waals surface area contributed by atoms with Crippen LogP contribution < -0.4 is 5.32 Å². The molecule has 0 atom stereocenters. The molecule has 0 aliphatic heterocycles. The van der Waals surface area contributed by atoms with Gasteiger partial charge in [-0.05, 0) is 36.1 Å². The number of anilines is 1. The maximum absolute atomic E-state index is 11.3. The number of aromatic nitrogens is 4. The van der Waals surface area contributed by atoms with Crippen molar-refractivity contribution in [2.75, 3.05) is 5.32 Å².